The maximum absolute atomic E-state index is 12.2. The predicted molar refractivity (Wildman–Crippen MR) is 81.7 cm³/mol. The van der Waals surface area contributed by atoms with Crippen molar-refractivity contribution >= 4 is 17.2 Å². The zero-order chi connectivity index (χ0) is 14.7. The molecule has 1 saturated carbocycles. The van der Waals surface area contributed by atoms with Crippen molar-refractivity contribution < 1.29 is 9.21 Å². The van der Waals surface area contributed by atoms with Crippen LogP contribution in [0.1, 0.15) is 37.8 Å². The Bertz CT molecular complexity index is 600. The number of hydrogen-bond donors (Lipinski definition) is 2. The fourth-order valence-electron chi connectivity index (χ4n) is 2.66. The number of amides is 1. The van der Waals surface area contributed by atoms with E-state index in [1.54, 1.807) is 17.6 Å². The summed E-state index contributed by atoms with van der Waals surface area (Å²) in [5.74, 6) is 0.511. The van der Waals surface area contributed by atoms with Gasteiger partial charge in [0.15, 0.2) is 0 Å². The van der Waals surface area contributed by atoms with E-state index in [-0.39, 0.29) is 5.91 Å². The SMILES string of the molecule is NC1(C(=O)NCc2coc(-c3cccs3)n2)CCCCC1. The molecule has 6 heteroatoms. The quantitative estimate of drug-likeness (QED) is 0.910. The smallest absolute Gasteiger partial charge is 0.240 e. The highest BCUT2D eigenvalue weighted by atomic mass is 32.1. The van der Waals surface area contributed by atoms with Crippen LogP contribution in [-0.4, -0.2) is 16.4 Å². The van der Waals surface area contributed by atoms with Crippen LogP contribution >= 0.6 is 11.3 Å². The summed E-state index contributed by atoms with van der Waals surface area (Å²) in [5.41, 5.74) is 6.20. The minimum absolute atomic E-state index is 0.0807. The van der Waals surface area contributed by atoms with E-state index in [9.17, 15) is 4.79 Å². The summed E-state index contributed by atoms with van der Waals surface area (Å²) < 4.78 is 5.43. The molecule has 0 unspecified atom stereocenters. The molecule has 2 aromatic rings. The summed E-state index contributed by atoms with van der Waals surface area (Å²) >= 11 is 1.57. The van der Waals surface area contributed by atoms with Crippen LogP contribution in [-0.2, 0) is 11.3 Å². The maximum atomic E-state index is 12.2. The lowest BCUT2D eigenvalue weighted by Crippen LogP contribution is -2.54. The molecule has 3 rings (SSSR count). The number of nitrogens with zero attached hydrogens (tertiary/aromatic N) is 1. The third kappa shape index (κ3) is 3.16. The van der Waals surface area contributed by atoms with Crippen molar-refractivity contribution in [2.24, 2.45) is 5.73 Å². The third-order valence-corrected chi connectivity index (χ3v) is 4.77. The molecule has 5 nitrogen and oxygen atoms in total. The van der Waals surface area contributed by atoms with Gasteiger partial charge in [0.25, 0.3) is 0 Å². The summed E-state index contributed by atoms with van der Waals surface area (Å²) in [6.45, 7) is 0.354. The van der Waals surface area contributed by atoms with Crippen molar-refractivity contribution in [3.05, 3.63) is 29.5 Å². The van der Waals surface area contributed by atoms with Crippen molar-refractivity contribution in [3.8, 4) is 10.8 Å². The zero-order valence-electron chi connectivity index (χ0n) is 11.8. The van der Waals surface area contributed by atoms with Gasteiger partial charge in [-0.1, -0.05) is 25.3 Å². The van der Waals surface area contributed by atoms with Crippen LogP contribution in [0.5, 0.6) is 0 Å². The Morgan fingerprint density at radius 1 is 1.43 bits per heavy atom. The molecule has 2 aromatic heterocycles. The first-order chi connectivity index (χ1) is 10.2. The second-order valence-corrected chi connectivity index (χ2v) is 6.47. The van der Waals surface area contributed by atoms with E-state index in [4.69, 9.17) is 10.2 Å². The van der Waals surface area contributed by atoms with Crippen molar-refractivity contribution in [1.82, 2.24) is 10.3 Å². The molecule has 0 spiro atoms. The minimum Gasteiger partial charge on any atom is -0.443 e. The van der Waals surface area contributed by atoms with Gasteiger partial charge >= 0.3 is 0 Å². The van der Waals surface area contributed by atoms with E-state index in [1.807, 2.05) is 17.5 Å². The number of carbonyl (C=O) groups excluding carboxylic acids is 1. The highest BCUT2D eigenvalue weighted by Gasteiger charge is 2.35. The molecule has 0 aromatic carbocycles. The molecule has 112 valence electrons. The second-order valence-electron chi connectivity index (χ2n) is 5.52. The Hall–Kier alpha value is -1.66. The molecular weight excluding hydrogens is 286 g/mol. The summed E-state index contributed by atoms with van der Waals surface area (Å²) in [5, 5.41) is 4.86. The van der Waals surface area contributed by atoms with Crippen LogP contribution in [0.2, 0.25) is 0 Å². The van der Waals surface area contributed by atoms with Crippen LogP contribution in [0.15, 0.2) is 28.2 Å². The highest BCUT2D eigenvalue weighted by Crippen LogP contribution is 2.26. The summed E-state index contributed by atoms with van der Waals surface area (Å²) in [7, 11) is 0. The first-order valence-electron chi connectivity index (χ1n) is 7.23. The Balaban J connectivity index is 1.59. The van der Waals surface area contributed by atoms with Gasteiger partial charge in [-0.3, -0.25) is 4.79 Å². The number of oxazole rings is 1. The Morgan fingerprint density at radius 3 is 2.95 bits per heavy atom. The van der Waals surface area contributed by atoms with Crippen molar-refractivity contribution in [3.63, 3.8) is 0 Å². The van der Waals surface area contributed by atoms with Crippen molar-refractivity contribution in [2.75, 3.05) is 0 Å². The lowest BCUT2D eigenvalue weighted by atomic mass is 9.82. The largest absolute Gasteiger partial charge is 0.443 e. The zero-order valence-corrected chi connectivity index (χ0v) is 12.6. The van der Waals surface area contributed by atoms with Gasteiger partial charge in [-0.05, 0) is 24.3 Å². The second kappa shape index (κ2) is 5.99. The fraction of sp³-hybridized carbons (Fsp3) is 0.467. The molecule has 0 bridgehead atoms. The molecule has 0 saturated heterocycles. The monoisotopic (exact) mass is 305 g/mol. The van der Waals surface area contributed by atoms with Gasteiger partial charge in [0.05, 0.1) is 22.7 Å². The summed E-state index contributed by atoms with van der Waals surface area (Å²) in [6, 6.07) is 3.91. The average Bonchev–Trinajstić information content (AvgIpc) is 3.16. The predicted octanol–water partition coefficient (Wildman–Crippen LogP) is 2.68. The maximum Gasteiger partial charge on any atom is 0.240 e. The number of rotatable bonds is 4. The van der Waals surface area contributed by atoms with Gasteiger partial charge in [0.2, 0.25) is 11.8 Å². The molecule has 1 fully saturated rings. The van der Waals surface area contributed by atoms with Crippen LogP contribution in [0.25, 0.3) is 10.8 Å². The van der Waals surface area contributed by atoms with E-state index in [2.05, 4.69) is 10.3 Å². The standard InChI is InChI=1S/C15H19N3O2S/c16-15(6-2-1-3-7-15)14(19)17-9-11-10-20-13(18-11)12-5-4-8-21-12/h4-5,8,10H,1-3,6-7,9,16H2,(H,17,19). The molecule has 1 aliphatic carbocycles. The number of thiophene rings is 1. The molecule has 21 heavy (non-hydrogen) atoms. The van der Waals surface area contributed by atoms with Gasteiger partial charge in [0, 0.05) is 0 Å². The van der Waals surface area contributed by atoms with Crippen molar-refractivity contribution in [1.29, 1.82) is 0 Å². The van der Waals surface area contributed by atoms with Gasteiger partial charge < -0.3 is 15.5 Å². The minimum atomic E-state index is -0.710. The van der Waals surface area contributed by atoms with E-state index in [0.717, 1.165) is 30.6 Å². The number of nitrogens with two attached hydrogens (primary N) is 1. The molecule has 3 N–H and O–H groups in total. The molecule has 0 atom stereocenters. The lowest BCUT2D eigenvalue weighted by Gasteiger charge is -2.31. The number of carbonyl (C=O) groups is 1. The third-order valence-electron chi connectivity index (χ3n) is 3.91. The number of hydrogen-bond acceptors (Lipinski definition) is 5. The van der Waals surface area contributed by atoms with E-state index < -0.39 is 5.54 Å². The first kappa shape index (κ1) is 14.3. The number of aromatic nitrogens is 1. The summed E-state index contributed by atoms with van der Waals surface area (Å²) in [4.78, 5) is 17.6. The van der Waals surface area contributed by atoms with Gasteiger partial charge in [-0.15, -0.1) is 11.3 Å². The molecule has 1 amide bonds. The number of nitrogens with one attached hydrogen (secondary N) is 1. The normalized spacial score (nSPS) is 17.6. The Morgan fingerprint density at radius 2 is 2.24 bits per heavy atom. The average molecular weight is 305 g/mol. The fourth-order valence-corrected chi connectivity index (χ4v) is 3.31. The van der Waals surface area contributed by atoms with Crippen molar-refractivity contribution in [2.45, 2.75) is 44.2 Å². The highest BCUT2D eigenvalue weighted by molar-refractivity contribution is 7.13. The van der Waals surface area contributed by atoms with Crippen LogP contribution in [0.4, 0.5) is 0 Å². The first-order valence-corrected chi connectivity index (χ1v) is 8.11. The Kier molecular flexibility index (Phi) is 4.07. The van der Waals surface area contributed by atoms with E-state index in [0.29, 0.717) is 18.1 Å². The molecular formula is C15H19N3O2S. The van der Waals surface area contributed by atoms with E-state index in [1.165, 1.54) is 6.42 Å². The molecule has 1 aliphatic rings. The molecule has 2 heterocycles. The van der Waals surface area contributed by atoms with Crippen LogP contribution in [0.3, 0.4) is 0 Å². The molecule has 0 aliphatic heterocycles. The van der Waals surface area contributed by atoms with Gasteiger partial charge in [-0.2, -0.15) is 0 Å². The van der Waals surface area contributed by atoms with Gasteiger partial charge in [-0.25, -0.2) is 4.98 Å². The van der Waals surface area contributed by atoms with Gasteiger partial charge in [0.1, 0.15) is 6.26 Å². The molecule has 0 radical (unpaired) electrons. The summed E-state index contributed by atoms with van der Waals surface area (Å²) in [6.07, 6.45) is 6.32. The van der Waals surface area contributed by atoms with E-state index >= 15 is 0 Å². The lowest BCUT2D eigenvalue weighted by molar-refractivity contribution is -0.127. The topological polar surface area (TPSA) is 81.2 Å². The Labute approximate surface area is 127 Å². The van der Waals surface area contributed by atoms with Crippen LogP contribution in [0, 0.1) is 0 Å². The van der Waals surface area contributed by atoms with Crippen LogP contribution < -0.4 is 11.1 Å².